The molecule has 1 heterocycles. The van der Waals surface area contributed by atoms with Crippen LogP contribution in [0.3, 0.4) is 0 Å². The lowest BCUT2D eigenvalue weighted by Gasteiger charge is -2.18. The maximum absolute atomic E-state index is 13.0. The van der Waals surface area contributed by atoms with Crippen molar-refractivity contribution in [1.29, 1.82) is 0 Å². The van der Waals surface area contributed by atoms with Crippen LogP contribution in [0.25, 0.3) is 0 Å². The molecule has 0 aliphatic rings. The lowest BCUT2D eigenvalue weighted by molar-refractivity contribution is -0.139. The number of carbonyl (C=O) groups excluding carboxylic acids is 2. The van der Waals surface area contributed by atoms with Crippen LogP contribution in [0.1, 0.15) is 24.2 Å². The highest BCUT2D eigenvalue weighted by Crippen LogP contribution is 2.27. The number of nitrogens with zero attached hydrogens (tertiary/aromatic N) is 1. The summed E-state index contributed by atoms with van der Waals surface area (Å²) >= 11 is 0. The Bertz CT molecular complexity index is 839. The van der Waals surface area contributed by atoms with E-state index in [0.29, 0.717) is 18.5 Å². The fourth-order valence-corrected chi connectivity index (χ4v) is 4.00. The molecular weight excluding hydrogens is 354 g/mol. The first-order chi connectivity index (χ1) is 12.5. The van der Waals surface area contributed by atoms with Crippen molar-refractivity contribution >= 4 is 21.7 Å². The van der Waals surface area contributed by atoms with Crippen molar-refractivity contribution in [2.75, 3.05) is 13.1 Å². The molecule has 26 heavy (non-hydrogen) atoms. The van der Waals surface area contributed by atoms with Gasteiger partial charge in [-0.15, -0.1) is 0 Å². The predicted molar refractivity (Wildman–Crippen MR) is 96.9 cm³/mol. The number of carbonyl (C=O) groups is 2. The van der Waals surface area contributed by atoms with Gasteiger partial charge in [0.05, 0.1) is 4.90 Å². The largest absolute Gasteiger partial charge is 0.348 e. The van der Waals surface area contributed by atoms with Crippen LogP contribution in [0.2, 0.25) is 0 Å². The average molecular weight is 375 g/mol. The molecule has 8 heteroatoms. The van der Waals surface area contributed by atoms with Crippen LogP contribution in [-0.2, 0) is 19.4 Å². The average Bonchev–Trinajstić information content (AvgIpc) is 2.67. The minimum Gasteiger partial charge on any atom is -0.348 e. The highest BCUT2D eigenvalue weighted by molar-refractivity contribution is 7.91. The summed E-state index contributed by atoms with van der Waals surface area (Å²) in [5.74, 6) is -1.65. The molecule has 0 spiro atoms. The maximum atomic E-state index is 13.0. The third-order valence-corrected chi connectivity index (χ3v) is 5.81. The van der Waals surface area contributed by atoms with Crippen molar-refractivity contribution in [1.82, 2.24) is 15.6 Å². The normalized spacial score (nSPS) is 12.2. The first-order valence-corrected chi connectivity index (χ1v) is 9.76. The SMILES string of the molecule is CCCNC(=O)C(=O)NC[C@H](c1cccnc1)S(=O)(=O)c1ccccc1. The lowest BCUT2D eigenvalue weighted by Crippen LogP contribution is -2.42. The van der Waals surface area contributed by atoms with Gasteiger partial charge in [-0.2, -0.15) is 0 Å². The van der Waals surface area contributed by atoms with E-state index in [1.807, 2.05) is 6.92 Å². The quantitative estimate of drug-likeness (QED) is 0.709. The molecule has 1 atom stereocenters. The van der Waals surface area contributed by atoms with Crippen molar-refractivity contribution in [2.24, 2.45) is 0 Å². The van der Waals surface area contributed by atoms with Gasteiger partial charge < -0.3 is 10.6 Å². The number of amides is 2. The number of hydrogen-bond donors (Lipinski definition) is 2. The van der Waals surface area contributed by atoms with Crippen LogP contribution >= 0.6 is 0 Å². The molecule has 2 amide bonds. The molecule has 1 aromatic heterocycles. The third-order valence-electron chi connectivity index (χ3n) is 3.69. The molecule has 7 nitrogen and oxygen atoms in total. The Kier molecular flexibility index (Phi) is 6.85. The van der Waals surface area contributed by atoms with Crippen LogP contribution in [0.5, 0.6) is 0 Å². The van der Waals surface area contributed by atoms with E-state index in [0.717, 1.165) is 0 Å². The fraction of sp³-hybridized carbons (Fsp3) is 0.278. The Hall–Kier alpha value is -2.74. The molecule has 0 bridgehead atoms. The van der Waals surface area contributed by atoms with Gasteiger partial charge in [0.1, 0.15) is 5.25 Å². The van der Waals surface area contributed by atoms with Gasteiger partial charge in [0.15, 0.2) is 9.84 Å². The highest BCUT2D eigenvalue weighted by atomic mass is 32.2. The van der Waals surface area contributed by atoms with E-state index in [1.165, 1.54) is 24.5 Å². The number of pyridine rings is 1. The fourth-order valence-electron chi connectivity index (χ4n) is 2.33. The zero-order chi connectivity index (χ0) is 19.0. The van der Waals surface area contributed by atoms with Gasteiger partial charge in [-0.1, -0.05) is 31.2 Å². The standard InChI is InChI=1S/C18H21N3O4S/c1-2-10-20-17(22)18(23)21-13-16(14-7-6-11-19-12-14)26(24,25)15-8-4-3-5-9-15/h3-9,11-12,16H,2,10,13H2,1H3,(H,20,22)(H,21,23)/t16-/m1/s1. The molecule has 0 saturated heterocycles. The van der Waals surface area contributed by atoms with E-state index < -0.39 is 26.9 Å². The van der Waals surface area contributed by atoms with Crippen LogP contribution in [0.4, 0.5) is 0 Å². The summed E-state index contributed by atoms with van der Waals surface area (Å²) in [4.78, 5) is 27.7. The Morgan fingerprint density at radius 1 is 1.04 bits per heavy atom. The minimum absolute atomic E-state index is 0.138. The topological polar surface area (TPSA) is 105 Å². The minimum atomic E-state index is -3.78. The Morgan fingerprint density at radius 2 is 1.73 bits per heavy atom. The van der Waals surface area contributed by atoms with Crippen molar-refractivity contribution in [3.8, 4) is 0 Å². The summed E-state index contributed by atoms with van der Waals surface area (Å²) in [5, 5.41) is 3.81. The molecule has 0 aliphatic carbocycles. The van der Waals surface area contributed by atoms with E-state index >= 15 is 0 Å². The summed E-state index contributed by atoms with van der Waals surface area (Å²) in [6.07, 6.45) is 3.67. The van der Waals surface area contributed by atoms with Gasteiger partial charge in [-0.25, -0.2) is 8.42 Å². The van der Waals surface area contributed by atoms with Gasteiger partial charge in [0.25, 0.3) is 0 Å². The maximum Gasteiger partial charge on any atom is 0.309 e. The predicted octanol–water partition coefficient (Wildman–Crippen LogP) is 1.24. The van der Waals surface area contributed by atoms with E-state index in [4.69, 9.17) is 0 Å². The van der Waals surface area contributed by atoms with Crippen LogP contribution in [-0.4, -0.2) is 38.3 Å². The van der Waals surface area contributed by atoms with Gasteiger partial charge in [-0.3, -0.25) is 14.6 Å². The highest BCUT2D eigenvalue weighted by Gasteiger charge is 2.30. The number of aromatic nitrogens is 1. The van der Waals surface area contributed by atoms with Crippen LogP contribution < -0.4 is 10.6 Å². The summed E-state index contributed by atoms with van der Waals surface area (Å²) in [7, 11) is -3.78. The van der Waals surface area contributed by atoms with Crippen LogP contribution in [0, 0.1) is 0 Å². The second-order valence-electron chi connectivity index (χ2n) is 5.60. The second-order valence-corrected chi connectivity index (χ2v) is 7.73. The van der Waals surface area contributed by atoms with Crippen molar-refractivity contribution < 1.29 is 18.0 Å². The smallest absolute Gasteiger partial charge is 0.309 e. The van der Waals surface area contributed by atoms with E-state index in [1.54, 1.807) is 30.3 Å². The summed E-state index contributed by atoms with van der Waals surface area (Å²) in [6.45, 7) is 2.00. The zero-order valence-corrected chi connectivity index (χ0v) is 15.2. The van der Waals surface area contributed by atoms with Gasteiger partial charge in [-0.05, 0) is 30.2 Å². The second kappa shape index (κ2) is 9.10. The molecule has 2 N–H and O–H groups in total. The third kappa shape index (κ3) is 4.89. The monoisotopic (exact) mass is 375 g/mol. The molecule has 138 valence electrons. The van der Waals surface area contributed by atoms with Gasteiger partial charge in [0.2, 0.25) is 0 Å². The molecule has 0 fully saturated rings. The summed E-state index contributed by atoms with van der Waals surface area (Å²) in [5.41, 5.74) is 0.436. The molecule has 0 radical (unpaired) electrons. The number of hydrogen-bond acceptors (Lipinski definition) is 5. The Labute approximate surface area is 152 Å². The van der Waals surface area contributed by atoms with Gasteiger partial charge in [0, 0.05) is 25.5 Å². The first kappa shape index (κ1) is 19.6. The molecule has 0 saturated carbocycles. The molecular formula is C18H21N3O4S. The number of nitrogens with one attached hydrogen (secondary N) is 2. The summed E-state index contributed by atoms with van der Waals surface area (Å²) < 4.78 is 26.0. The van der Waals surface area contributed by atoms with E-state index in [2.05, 4.69) is 15.6 Å². The van der Waals surface area contributed by atoms with E-state index in [9.17, 15) is 18.0 Å². The molecule has 0 aliphatic heterocycles. The number of benzene rings is 1. The van der Waals surface area contributed by atoms with Crippen molar-refractivity contribution in [3.63, 3.8) is 0 Å². The molecule has 2 rings (SSSR count). The number of sulfone groups is 1. The van der Waals surface area contributed by atoms with E-state index in [-0.39, 0.29) is 11.4 Å². The lowest BCUT2D eigenvalue weighted by atomic mass is 10.2. The number of rotatable bonds is 7. The molecule has 1 aromatic carbocycles. The zero-order valence-electron chi connectivity index (χ0n) is 14.4. The van der Waals surface area contributed by atoms with Gasteiger partial charge >= 0.3 is 11.8 Å². The Balaban J connectivity index is 2.24. The molecule has 2 aromatic rings. The molecule has 0 unspecified atom stereocenters. The Morgan fingerprint density at radius 3 is 2.35 bits per heavy atom. The van der Waals surface area contributed by atoms with Crippen molar-refractivity contribution in [2.45, 2.75) is 23.5 Å². The summed E-state index contributed by atoms with van der Waals surface area (Å²) in [6, 6.07) is 11.2. The first-order valence-electron chi connectivity index (χ1n) is 8.21. The van der Waals surface area contributed by atoms with Crippen LogP contribution in [0.15, 0.2) is 59.8 Å². The van der Waals surface area contributed by atoms with Crippen molar-refractivity contribution in [3.05, 3.63) is 60.4 Å².